The molecule has 0 heterocycles. The van der Waals surface area contributed by atoms with E-state index in [4.69, 9.17) is 5.73 Å². The Hall–Kier alpha value is -1.39. The highest BCUT2D eigenvalue weighted by Gasteiger charge is 2.19. The molecule has 0 aliphatic carbocycles. The molecule has 0 bridgehead atoms. The van der Waals surface area contributed by atoms with Crippen LogP contribution in [0.15, 0.2) is 4.99 Å². The van der Waals surface area contributed by atoms with Gasteiger partial charge in [-0.1, -0.05) is 181 Å². The Morgan fingerprint density at radius 1 is 0.523 bits per heavy atom. The molecular formula is C39H77N3O2. The molecule has 0 aromatic heterocycles. The fourth-order valence-electron chi connectivity index (χ4n) is 6.10. The highest BCUT2D eigenvalue weighted by Crippen LogP contribution is 2.15. The van der Waals surface area contributed by atoms with Crippen LogP contribution < -0.4 is 11.1 Å². The van der Waals surface area contributed by atoms with Gasteiger partial charge >= 0.3 is 0 Å². The van der Waals surface area contributed by atoms with Gasteiger partial charge in [-0.15, -0.1) is 0 Å². The number of rotatable bonds is 35. The minimum Gasteiger partial charge on any atom is -0.388 e. The molecule has 0 saturated carbocycles. The van der Waals surface area contributed by atoms with Crippen LogP contribution in [0.4, 0.5) is 0 Å². The normalized spacial score (nSPS) is 12.5. The van der Waals surface area contributed by atoms with Gasteiger partial charge in [0.25, 0.3) is 0 Å². The van der Waals surface area contributed by atoms with Crippen LogP contribution in [0.1, 0.15) is 220 Å². The molecule has 0 rings (SSSR count). The van der Waals surface area contributed by atoms with Crippen molar-refractivity contribution in [3.8, 4) is 0 Å². The number of nitrogens with two attached hydrogens (primary N) is 1. The third-order valence-electron chi connectivity index (χ3n) is 9.04. The van der Waals surface area contributed by atoms with Crippen molar-refractivity contribution >= 4 is 17.5 Å². The van der Waals surface area contributed by atoms with Crippen LogP contribution in [0.2, 0.25) is 0 Å². The average molecular weight is 620 g/mol. The molecule has 0 aromatic carbocycles. The van der Waals surface area contributed by atoms with E-state index in [0.717, 1.165) is 25.7 Å². The zero-order chi connectivity index (χ0) is 32.4. The number of amides is 1. The maximum absolute atomic E-state index is 13.0. The summed E-state index contributed by atoms with van der Waals surface area (Å²) in [5, 5.41) is 3.04. The van der Waals surface area contributed by atoms with Gasteiger partial charge in [0.15, 0.2) is 5.78 Å². The molecule has 0 spiro atoms. The molecule has 0 aromatic rings. The number of hydrogen-bond donors (Lipinski definition) is 2. The Kier molecular flexibility index (Phi) is 33.4. The third kappa shape index (κ3) is 32.0. The van der Waals surface area contributed by atoms with E-state index in [9.17, 15) is 9.59 Å². The quantitative estimate of drug-likeness (QED) is 0.0420. The summed E-state index contributed by atoms with van der Waals surface area (Å²) in [5.41, 5.74) is 5.69. The van der Waals surface area contributed by atoms with Gasteiger partial charge in [0.2, 0.25) is 5.91 Å². The van der Waals surface area contributed by atoms with E-state index in [1.165, 1.54) is 154 Å². The van der Waals surface area contributed by atoms with Crippen LogP contribution in [0.25, 0.3) is 0 Å². The van der Waals surface area contributed by atoms with Crippen LogP contribution in [0.3, 0.4) is 0 Å². The molecule has 1 amide bonds. The summed E-state index contributed by atoms with van der Waals surface area (Å²) < 4.78 is 0. The van der Waals surface area contributed by atoms with Gasteiger partial charge in [-0.25, -0.2) is 0 Å². The molecule has 0 aliphatic rings. The molecule has 5 heteroatoms. The van der Waals surface area contributed by atoms with Crippen molar-refractivity contribution in [3.05, 3.63) is 0 Å². The third-order valence-corrected chi connectivity index (χ3v) is 9.04. The molecule has 0 radical (unpaired) electrons. The maximum atomic E-state index is 13.0. The second-order valence-electron chi connectivity index (χ2n) is 13.6. The second kappa shape index (κ2) is 34.5. The van der Waals surface area contributed by atoms with E-state index < -0.39 is 6.04 Å². The van der Waals surface area contributed by atoms with Gasteiger partial charge in [-0.05, 0) is 26.2 Å². The lowest BCUT2D eigenvalue weighted by molar-refractivity contribution is -0.128. The summed E-state index contributed by atoms with van der Waals surface area (Å²) in [6.07, 6.45) is 38.2. The molecule has 0 aliphatic heterocycles. The van der Waals surface area contributed by atoms with E-state index in [-0.39, 0.29) is 11.7 Å². The first-order chi connectivity index (χ1) is 21.5. The van der Waals surface area contributed by atoms with E-state index in [0.29, 0.717) is 31.6 Å². The second-order valence-corrected chi connectivity index (χ2v) is 13.6. The maximum Gasteiger partial charge on any atom is 0.220 e. The summed E-state index contributed by atoms with van der Waals surface area (Å²) in [5.74, 6) is 0.691. The molecule has 1 unspecified atom stereocenters. The SMILES string of the molecule is CCCCCCCCCCCCCCCCCC(=O)C(CCN=C(C)N)NC(=O)CCCCCCCCCCCCCCC. The number of aliphatic imine (C=N–C) groups is 1. The highest BCUT2D eigenvalue weighted by molar-refractivity contribution is 5.89. The molecular weight excluding hydrogens is 542 g/mol. The van der Waals surface area contributed by atoms with E-state index in [1.807, 2.05) is 0 Å². The van der Waals surface area contributed by atoms with Crippen LogP contribution in [0.5, 0.6) is 0 Å². The Labute approximate surface area is 275 Å². The summed E-state index contributed by atoms with van der Waals surface area (Å²) in [6, 6.07) is -0.431. The number of nitrogens with one attached hydrogen (secondary N) is 1. The zero-order valence-corrected chi connectivity index (χ0v) is 30.0. The Balaban J connectivity index is 3.94. The standard InChI is InChI=1S/C39H77N3O2/c1-4-6-8-10-12-14-16-18-19-21-22-24-26-28-30-32-38(43)37(34-35-41-36(3)40)42-39(44)33-31-29-27-25-23-20-17-15-13-11-9-7-5-2/h37H,4-35H2,1-3H3,(H2,40,41)(H,42,44). The van der Waals surface area contributed by atoms with Crippen molar-refractivity contribution in [2.24, 2.45) is 10.7 Å². The Morgan fingerprint density at radius 2 is 0.841 bits per heavy atom. The van der Waals surface area contributed by atoms with Crippen LogP contribution in [-0.4, -0.2) is 30.1 Å². The van der Waals surface area contributed by atoms with E-state index in [1.54, 1.807) is 6.92 Å². The summed E-state index contributed by atoms with van der Waals surface area (Å²) in [6.45, 7) is 6.80. The summed E-state index contributed by atoms with van der Waals surface area (Å²) >= 11 is 0. The van der Waals surface area contributed by atoms with Crippen molar-refractivity contribution in [1.29, 1.82) is 0 Å². The predicted molar refractivity (Wildman–Crippen MR) is 194 cm³/mol. The molecule has 3 N–H and O–H groups in total. The molecule has 260 valence electrons. The lowest BCUT2D eigenvalue weighted by atomic mass is 10.0. The number of Topliss-reactive ketones (excluding diaryl/α,β-unsaturated/α-hetero) is 1. The molecule has 0 fully saturated rings. The van der Waals surface area contributed by atoms with Crippen molar-refractivity contribution in [1.82, 2.24) is 5.32 Å². The van der Waals surface area contributed by atoms with Crippen LogP contribution in [0, 0.1) is 0 Å². The van der Waals surface area contributed by atoms with Crippen LogP contribution >= 0.6 is 0 Å². The highest BCUT2D eigenvalue weighted by atomic mass is 16.2. The smallest absolute Gasteiger partial charge is 0.220 e. The minimum absolute atomic E-state index is 0.0105. The summed E-state index contributed by atoms with van der Waals surface area (Å²) in [7, 11) is 0. The monoisotopic (exact) mass is 620 g/mol. The van der Waals surface area contributed by atoms with Crippen molar-refractivity contribution < 1.29 is 9.59 Å². The predicted octanol–water partition coefficient (Wildman–Crippen LogP) is 11.6. The lowest BCUT2D eigenvalue weighted by Crippen LogP contribution is -2.41. The first-order valence-corrected chi connectivity index (χ1v) is 19.6. The number of ketones is 1. The van der Waals surface area contributed by atoms with Crippen molar-refractivity contribution in [3.63, 3.8) is 0 Å². The van der Waals surface area contributed by atoms with Gasteiger partial charge in [-0.3, -0.25) is 14.6 Å². The van der Waals surface area contributed by atoms with Gasteiger partial charge < -0.3 is 11.1 Å². The number of carbonyl (C=O) groups excluding carboxylic acids is 2. The Morgan fingerprint density at radius 3 is 1.18 bits per heavy atom. The summed E-state index contributed by atoms with van der Waals surface area (Å²) in [4.78, 5) is 29.9. The van der Waals surface area contributed by atoms with Gasteiger partial charge in [0.05, 0.1) is 11.9 Å². The number of hydrogen-bond acceptors (Lipinski definition) is 3. The minimum atomic E-state index is -0.431. The molecule has 44 heavy (non-hydrogen) atoms. The van der Waals surface area contributed by atoms with Crippen molar-refractivity contribution in [2.75, 3.05) is 6.54 Å². The van der Waals surface area contributed by atoms with E-state index in [2.05, 4.69) is 24.2 Å². The zero-order valence-electron chi connectivity index (χ0n) is 30.0. The fraction of sp³-hybridized carbons (Fsp3) is 0.923. The number of amidine groups is 1. The average Bonchev–Trinajstić information content (AvgIpc) is 3.00. The topological polar surface area (TPSA) is 84.6 Å². The number of carbonyl (C=O) groups is 2. The van der Waals surface area contributed by atoms with Crippen LogP contribution in [-0.2, 0) is 9.59 Å². The van der Waals surface area contributed by atoms with Gasteiger partial charge in [0.1, 0.15) is 0 Å². The fourth-order valence-corrected chi connectivity index (χ4v) is 6.10. The van der Waals surface area contributed by atoms with Gasteiger partial charge in [-0.2, -0.15) is 0 Å². The molecule has 1 atom stereocenters. The molecule has 0 saturated heterocycles. The lowest BCUT2D eigenvalue weighted by Gasteiger charge is -2.17. The van der Waals surface area contributed by atoms with Gasteiger partial charge in [0, 0.05) is 19.4 Å². The van der Waals surface area contributed by atoms with E-state index >= 15 is 0 Å². The largest absolute Gasteiger partial charge is 0.388 e. The first-order valence-electron chi connectivity index (χ1n) is 19.6. The Bertz CT molecular complexity index is 660. The number of nitrogens with zero attached hydrogens (tertiary/aromatic N) is 1. The molecule has 5 nitrogen and oxygen atoms in total. The number of unbranched alkanes of at least 4 members (excludes halogenated alkanes) is 26. The van der Waals surface area contributed by atoms with Crippen molar-refractivity contribution in [2.45, 2.75) is 226 Å². The first kappa shape index (κ1) is 42.6.